The third kappa shape index (κ3) is 4.30. The van der Waals surface area contributed by atoms with Gasteiger partial charge in [-0.25, -0.2) is 0 Å². The van der Waals surface area contributed by atoms with Crippen molar-refractivity contribution in [2.24, 2.45) is 0 Å². The average Bonchev–Trinajstić information content (AvgIpc) is 2.91. The molecule has 1 fully saturated rings. The number of aryl methyl sites for hydroxylation is 1. The normalized spacial score (nSPS) is 17.7. The number of ether oxygens (including phenoxy) is 1. The highest BCUT2D eigenvalue weighted by Crippen LogP contribution is 2.18. The molecular formula is C13H19ClN2O2S. The van der Waals surface area contributed by atoms with Crippen molar-refractivity contribution in [3.05, 3.63) is 29.3 Å². The molecule has 106 valence electrons. The summed E-state index contributed by atoms with van der Waals surface area (Å²) < 4.78 is 5.26. The van der Waals surface area contributed by atoms with Gasteiger partial charge in [0.1, 0.15) is 5.75 Å². The largest absolute Gasteiger partial charge is 0.496 e. The second-order valence-corrected chi connectivity index (χ2v) is 5.32. The van der Waals surface area contributed by atoms with Crippen LogP contribution in [0.3, 0.4) is 0 Å². The zero-order valence-electron chi connectivity index (χ0n) is 11.1. The van der Waals surface area contributed by atoms with Crippen LogP contribution in [0.4, 0.5) is 0 Å². The Bertz CT molecular complexity index is 437. The molecule has 1 saturated heterocycles. The van der Waals surface area contributed by atoms with Crippen LogP contribution >= 0.6 is 24.2 Å². The first-order valence-electron chi connectivity index (χ1n) is 5.93. The number of nitrogens with one attached hydrogen (secondary N) is 2. The minimum atomic E-state index is -0.0534. The zero-order chi connectivity index (χ0) is 13.0. The first-order chi connectivity index (χ1) is 8.70. The van der Waals surface area contributed by atoms with E-state index in [-0.39, 0.29) is 24.4 Å². The lowest BCUT2D eigenvalue weighted by Gasteiger charge is -2.12. The van der Waals surface area contributed by atoms with Gasteiger partial charge in [-0.1, -0.05) is 12.1 Å². The van der Waals surface area contributed by atoms with Crippen molar-refractivity contribution in [3.63, 3.8) is 0 Å². The van der Waals surface area contributed by atoms with E-state index in [1.54, 1.807) is 18.9 Å². The lowest BCUT2D eigenvalue weighted by molar-refractivity contribution is -0.122. The highest BCUT2D eigenvalue weighted by Gasteiger charge is 2.21. The Morgan fingerprint density at radius 1 is 1.58 bits per heavy atom. The number of carbonyl (C=O) groups excluding carboxylic acids is 1. The molecule has 0 saturated carbocycles. The number of benzene rings is 1. The maximum Gasteiger partial charge on any atom is 0.238 e. The molecule has 2 N–H and O–H groups in total. The van der Waals surface area contributed by atoms with Gasteiger partial charge in [0.05, 0.1) is 13.2 Å². The first-order valence-corrected chi connectivity index (χ1v) is 7.08. The van der Waals surface area contributed by atoms with Crippen LogP contribution in [0.1, 0.15) is 11.1 Å². The van der Waals surface area contributed by atoms with E-state index in [2.05, 4.69) is 10.6 Å². The summed E-state index contributed by atoms with van der Waals surface area (Å²) in [6.07, 6.45) is 0. The summed E-state index contributed by atoms with van der Waals surface area (Å²) in [5.41, 5.74) is 2.15. The summed E-state index contributed by atoms with van der Waals surface area (Å²) in [6, 6.07) is 5.92. The summed E-state index contributed by atoms with van der Waals surface area (Å²) in [5.74, 6) is 2.63. The smallest absolute Gasteiger partial charge is 0.238 e. The van der Waals surface area contributed by atoms with Crippen LogP contribution in [-0.2, 0) is 11.3 Å². The van der Waals surface area contributed by atoms with Crippen LogP contribution in [0.2, 0.25) is 0 Å². The molecule has 1 aromatic rings. The molecule has 0 radical (unpaired) electrons. The van der Waals surface area contributed by atoms with Gasteiger partial charge in [0.15, 0.2) is 0 Å². The zero-order valence-corrected chi connectivity index (χ0v) is 12.7. The second-order valence-electron chi connectivity index (χ2n) is 4.29. The van der Waals surface area contributed by atoms with Crippen LogP contribution in [0.25, 0.3) is 0 Å². The summed E-state index contributed by atoms with van der Waals surface area (Å²) in [5, 5.41) is 6.09. The fourth-order valence-electron chi connectivity index (χ4n) is 1.85. The lowest BCUT2D eigenvalue weighted by atomic mass is 10.1. The lowest BCUT2D eigenvalue weighted by Crippen LogP contribution is -2.41. The number of halogens is 1. The molecule has 1 aliphatic rings. The Balaban J connectivity index is 0.00000180. The fraction of sp³-hybridized carbons (Fsp3) is 0.462. The Hall–Kier alpha value is -0.910. The molecule has 2 rings (SSSR count). The Morgan fingerprint density at radius 2 is 2.37 bits per heavy atom. The Labute approximate surface area is 124 Å². The van der Waals surface area contributed by atoms with E-state index >= 15 is 0 Å². The van der Waals surface area contributed by atoms with Crippen molar-refractivity contribution in [2.75, 3.05) is 18.7 Å². The van der Waals surface area contributed by atoms with E-state index in [4.69, 9.17) is 4.74 Å². The predicted molar refractivity (Wildman–Crippen MR) is 81.1 cm³/mol. The monoisotopic (exact) mass is 302 g/mol. The fourth-order valence-corrected chi connectivity index (χ4v) is 2.79. The summed E-state index contributed by atoms with van der Waals surface area (Å²) in [6.45, 7) is 2.54. The molecular weight excluding hydrogens is 284 g/mol. The van der Waals surface area contributed by atoms with E-state index in [1.165, 1.54) is 0 Å². The van der Waals surface area contributed by atoms with Crippen molar-refractivity contribution in [2.45, 2.75) is 19.5 Å². The number of thioether (sulfide) groups is 1. The van der Waals surface area contributed by atoms with Crippen molar-refractivity contribution < 1.29 is 9.53 Å². The molecule has 4 nitrogen and oxygen atoms in total. The van der Waals surface area contributed by atoms with E-state index < -0.39 is 0 Å². The second kappa shape index (κ2) is 7.62. The van der Waals surface area contributed by atoms with Crippen LogP contribution < -0.4 is 15.4 Å². The minimum absolute atomic E-state index is 0. The summed E-state index contributed by atoms with van der Waals surface area (Å²) >= 11 is 1.75. The molecule has 0 bridgehead atoms. The Morgan fingerprint density at radius 3 is 3.00 bits per heavy atom. The summed E-state index contributed by atoms with van der Waals surface area (Å²) in [4.78, 5) is 11.8. The number of hydrogen-bond acceptors (Lipinski definition) is 4. The van der Waals surface area contributed by atoms with Gasteiger partial charge >= 0.3 is 0 Å². The maximum absolute atomic E-state index is 11.8. The van der Waals surface area contributed by atoms with Crippen LogP contribution in [0.15, 0.2) is 18.2 Å². The standard InChI is InChI=1S/C13H18N2O2S.ClH/c1-9-3-4-10(5-12(9)17-2)6-14-13(16)11-7-18-8-15-11;/h3-5,11,15H,6-8H2,1-2H3,(H,14,16);1H. The quantitative estimate of drug-likeness (QED) is 0.889. The predicted octanol–water partition coefficient (Wildman–Crippen LogP) is 1.70. The van der Waals surface area contributed by atoms with Crippen molar-refractivity contribution in [1.29, 1.82) is 0 Å². The minimum Gasteiger partial charge on any atom is -0.496 e. The van der Waals surface area contributed by atoms with Gasteiger partial charge in [-0.15, -0.1) is 24.2 Å². The van der Waals surface area contributed by atoms with Crippen LogP contribution in [0, 0.1) is 6.92 Å². The number of amides is 1. The SMILES string of the molecule is COc1cc(CNC(=O)C2CSCN2)ccc1C.Cl. The first kappa shape index (κ1) is 16.1. The van der Waals surface area contributed by atoms with Crippen molar-refractivity contribution >= 4 is 30.1 Å². The molecule has 0 spiro atoms. The number of carbonyl (C=O) groups is 1. The highest BCUT2D eigenvalue weighted by molar-refractivity contribution is 7.99. The van der Waals surface area contributed by atoms with Gasteiger partial charge in [0, 0.05) is 18.2 Å². The highest BCUT2D eigenvalue weighted by atomic mass is 35.5. The molecule has 1 atom stereocenters. The molecule has 1 heterocycles. The molecule has 1 aliphatic heterocycles. The third-order valence-corrected chi connectivity index (χ3v) is 3.91. The van der Waals surface area contributed by atoms with E-state index in [0.29, 0.717) is 6.54 Å². The molecule has 1 amide bonds. The molecule has 0 aliphatic carbocycles. The number of hydrogen-bond donors (Lipinski definition) is 2. The topological polar surface area (TPSA) is 50.4 Å². The maximum atomic E-state index is 11.8. The molecule has 1 unspecified atom stereocenters. The van der Waals surface area contributed by atoms with Gasteiger partial charge in [-0.3, -0.25) is 10.1 Å². The number of methoxy groups -OCH3 is 1. The Kier molecular flexibility index (Phi) is 6.48. The molecule has 19 heavy (non-hydrogen) atoms. The van der Waals surface area contributed by atoms with E-state index in [0.717, 1.165) is 28.5 Å². The molecule has 6 heteroatoms. The van der Waals surface area contributed by atoms with Gasteiger partial charge in [-0.2, -0.15) is 0 Å². The molecule has 1 aromatic carbocycles. The number of rotatable bonds is 4. The van der Waals surface area contributed by atoms with Crippen molar-refractivity contribution in [1.82, 2.24) is 10.6 Å². The average molecular weight is 303 g/mol. The van der Waals surface area contributed by atoms with E-state index in [1.807, 2.05) is 25.1 Å². The molecule has 0 aromatic heterocycles. The van der Waals surface area contributed by atoms with Gasteiger partial charge in [0.2, 0.25) is 5.91 Å². The van der Waals surface area contributed by atoms with Crippen LogP contribution in [0.5, 0.6) is 5.75 Å². The summed E-state index contributed by atoms with van der Waals surface area (Å²) in [7, 11) is 1.66. The van der Waals surface area contributed by atoms with Crippen LogP contribution in [-0.4, -0.2) is 30.7 Å². The van der Waals surface area contributed by atoms with Gasteiger partial charge < -0.3 is 10.1 Å². The third-order valence-electron chi connectivity index (χ3n) is 2.97. The van der Waals surface area contributed by atoms with Crippen molar-refractivity contribution in [3.8, 4) is 5.75 Å². The van der Waals surface area contributed by atoms with E-state index in [9.17, 15) is 4.79 Å². The van der Waals surface area contributed by atoms with Gasteiger partial charge in [-0.05, 0) is 24.1 Å². The van der Waals surface area contributed by atoms with Gasteiger partial charge in [0.25, 0.3) is 0 Å².